The zero-order valence-corrected chi connectivity index (χ0v) is 15.1. The summed E-state index contributed by atoms with van der Waals surface area (Å²) in [6, 6.07) is 7.58. The third-order valence-electron chi connectivity index (χ3n) is 3.74. The van der Waals surface area contributed by atoms with Crippen molar-refractivity contribution in [2.24, 2.45) is 7.05 Å². The first kappa shape index (κ1) is 17.5. The molecule has 1 atom stereocenters. The Balaban J connectivity index is 1.57. The van der Waals surface area contributed by atoms with E-state index in [9.17, 15) is 4.79 Å². The molecule has 2 aromatic rings. The lowest BCUT2D eigenvalue weighted by Gasteiger charge is -2.31. The number of amides is 1. The second kappa shape index (κ2) is 8.19. The molecule has 1 aromatic carbocycles. The monoisotopic (exact) mass is 363 g/mol. The number of thioether (sulfide) groups is 1. The molecule has 1 aliphatic rings. The first-order chi connectivity index (χ1) is 12.2. The van der Waals surface area contributed by atoms with Gasteiger partial charge in [0.1, 0.15) is 6.61 Å². The molecule has 0 saturated carbocycles. The number of benzene rings is 1. The molecular weight excluding hydrogens is 342 g/mol. The smallest absolute Gasteiger partial charge is 0.233 e. The molecule has 1 aromatic heterocycles. The summed E-state index contributed by atoms with van der Waals surface area (Å²) in [4.78, 5) is 14.4. The van der Waals surface area contributed by atoms with Crippen LogP contribution in [0.4, 0.5) is 0 Å². The summed E-state index contributed by atoms with van der Waals surface area (Å²) in [6.07, 6.45) is 0.707. The Labute approximate surface area is 150 Å². The standard InChI is InChI=1S/C16H21N5O3S/c1-3-8-21(15(22)11-25-16-17-18-19-20(16)2)9-12-10-23-13-6-4-5-7-14(13)24-12/h4-7,12H,3,8-11H2,1-2H3/t12-/m1/s1. The van der Waals surface area contributed by atoms with Gasteiger partial charge >= 0.3 is 0 Å². The van der Waals surface area contributed by atoms with Crippen LogP contribution in [-0.2, 0) is 11.8 Å². The van der Waals surface area contributed by atoms with E-state index in [1.54, 1.807) is 11.7 Å². The number of aryl methyl sites for hydroxylation is 1. The lowest BCUT2D eigenvalue weighted by molar-refractivity contribution is -0.130. The van der Waals surface area contributed by atoms with E-state index >= 15 is 0 Å². The van der Waals surface area contributed by atoms with Crippen LogP contribution in [0.1, 0.15) is 13.3 Å². The lowest BCUT2D eigenvalue weighted by atomic mass is 10.2. The number of carbonyl (C=O) groups is 1. The molecule has 0 fully saturated rings. The molecule has 9 heteroatoms. The first-order valence-electron chi connectivity index (χ1n) is 8.18. The molecule has 0 bridgehead atoms. The van der Waals surface area contributed by atoms with Crippen molar-refractivity contribution in [2.75, 3.05) is 25.4 Å². The predicted octanol–water partition coefficient (Wildman–Crippen LogP) is 1.38. The topological polar surface area (TPSA) is 82.4 Å². The Bertz CT molecular complexity index is 723. The van der Waals surface area contributed by atoms with Gasteiger partial charge in [-0.3, -0.25) is 4.79 Å². The number of carbonyl (C=O) groups excluding carboxylic acids is 1. The number of para-hydroxylation sites is 2. The van der Waals surface area contributed by atoms with Crippen LogP contribution in [-0.4, -0.2) is 62.6 Å². The molecule has 0 unspecified atom stereocenters. The highest BCUT2D eigenvalue weighted by Gasteiger charge is 2.25. The molecule has 0 aliphatic carbocycles. The molecule has 2 heterocycles. The van der Waals surface area contributed by atoms with Gasteiger partial charge in [0.15, 0.2) is 17.6 Å². The van der Waals surface area contributed by atoms with Gasteiger partial charge < -0.3 is 14.4 Å². The van der Waals surface area contributed by atoms with Crippen molar-refractivity contribution in [2.45, 2.75) is 24.6 Å². The molecule has 0 radical (unpaired) electrons. The van der Waals surface area contributed by atoms with Crippen molar-refractivity contribution in [1.82, 2.24) is 25.1 Å². The number of hydrogen-bond acceptors (Lipinski definition) is 7. The van der Waals surface area contributed by atoms with Gasteiger partial charge in [-0.25, -0.2) is 4.68 Å². The largest absolute Gasteiger partial charge is 0.486 e. The quantitative estimate of drug-likeness (QED) is 0.687. The number of ether oxygens (including phenoxy) is 2. The zero-order valence-electron chi connectivity index (χ0n) is 14.3. The Hall–Kier alpha value is -2.29. The maximum absolute atomic E-state index is 12.6. The number of aromatic nitrogens is 4. The fourth-order valence-corrected chi connectivity index (χ4v) is 3.30. The Morgan fingerprint density at radius 2 is 2.20 bits per heavy atom. The van der Waals surface area contributed by atoms with E-state index in [2.05, 4.69) is 15.5 Å². The summed E-state index contributed by atoms with van der Waals surface area (Å²) in [5.41, 5.74) is 0. The van der Waals surface area contributed by atoms with E-state index in [0.717, 1.165) is 17.9 Å². The molecule has 0 N–H and O–H groups in total. The van der Waals surface area contributed by atoms with Gasteiger partial charge in [0, 0.05) is 13.6 Å². The third-order valence-corrected chi connectivity index (χ3v) is 4.74. The molecule has 134 valence electrons. The number of nitrogens with zero attached hydrogens (tertiary/aromatic N) is 5. The van der Waals surface area contributed by atoms with Gasteiger partial charge in [0.25, 0.3) is 0 Å². The maximum Gasteiger partial charge on any atom is 0.233 e. The molecular formula is C16H21N5O3S. The summed E-state index contributed by atoms with van der Waals surface area (Å²) in [7, 11) is 1.75. The van der Waals surface area contributed by atoms with E-state index in [1.165, 1.54) is 11.8 Å². The first-order valence-corrected chi connectivity index (χ1v) is 9.17. The highest BCUT2D eigenvalue weighted by molar-refractivity contribution is 7.99. The Kier molecular flexibility index (Phi) is 5.75. The highest BCUT2D eigenvalue weighted by Crippen LogP contribution is 2.31. The lowest BCUT2D eigenvalue weighted by Crippen LogP contribution is -2.44. The van der Waals surface area contributed by atoms with E-state index in [-0.39, 0.29) is 12.0 Å². The van der Waals surface area contributed by atoms with Gasteiger partial charge in [-0.2, -0.15) is 0 Å². The molecule has 0 saturated heterocycles. The average molecular weight is 363 g/mol. The molecule has 1 aliphatic heterocycles. The van der Waals surface area contributed by atoms with Crippen LogP contribution in [0.5, 0.6) is 11.5 Å². The molecule has 8 nitrogen and oxygen atoms in total. The second-order valence-corrected chi connectivity index (χ2v) is 6.65. The Morgan fingerprint density at radius 3 is 2.92 bits per heavy atom. The van der Waals surface area contributed by atoms with Crippen molar-refractivity contribution < 1.29 is 14.3 Å². The van der Waals surface area contributed by atoms with Gasteiger partial charge in [0.05, 0.1) is 12.3 Å². The van der Waals surface area contributed by atoms with Crippen molar-refractivity contribution in [3.8, 4) is 11.5 Å². The van der Waals surface area contributed by atoms with Crippen LogP contribution < -0.4 is 9.47 Å². The van der Waals surface area contributed by atoms with E-state index in [1.807, 2.05) is 36.1 Å². The summed E-state index contributed by atoms with van der Waals surface area (Å²) < 4.78 is 13.3. The fourth-order valence-electron chi connectivity index (χ4n) is 2.55. The maximum atomic E-state index is 12.6. The van der Waals surface area contributed by atoms with E-state index in [0.29, 0.717) is 30.6 Å². The molecule has 3 rings (SSSR count). The highest BCUT2D eigenvalue weighted by atomic mass is 32.2. The van der Waals surface area contributed by atoms with Crippen molar-refractivity contribution in [3.63, 3.8) is 0 Å². The number of fused-ring (bicyclic) bond motifs is 1. The number of rotatable bonds is 7. The summed E-state index contributed by atoms with van der Waals surface area (Å²) in [5, 5.41) is 11.8. The minimum Gasteiger partial charge on any atom is -0.486 e. The van der Waals surface area contributed by atoms with E-state index in [4.69, 9.17) is 9.47 Å². The van der Waals surface area contributed by atoms with Crippen LogP contribution >= 0.6 is 11.8 Å². The summed E-state index contributed by atoms with van der Waals surface area (Å²) in [6.45, 7) is 3.66. The molecule has 25 heavy (non-hydrogen) atoms. The van der Waals surface area contributed by atoms with Gasteiger partial charge in [-0.1, -0.05) is 30.8 Å². The third kappa shape index (κ3) is 4.41. The minimum atomic E-state index is -0.174. The number of tetrazole rings is 1. The second-order valence-electron chi connectivity index (χ2n) is 5.71. The average Bonchev–Trinajstić information content (AvgIpc) is 3.04. The SMILES string of the molecule is CCCN(C[C@@H]1COc2ccccc2O1)C(=O)CSc1nnnn1C. The van der Waals surface area contributed by atoms with Gasteiger partial charge in [-0.05, 0) is 29.0 Å². The summed E-state index contributed by atoms with van der Waals surface area (Å²) >= 11 is 1.33. The number of hydrogen-bond donors (Lipinski definition) is 0. The van der Waals surface area contributed by atoms with Crippen molar-refractivity contribution in [3.05, 3.63) is 24.3 Å². The van der Waals surface area contributed by atoms with Crippen LogP contribution in [0.15, 0.2) is 29.4 Å². The van der Waals surface area contributed by atoms with Crippen LogP contribution in [0.2, 0.25) is 0 Å². The Morgan fingerprint density at radius 1 is 1.40 bits per heavy atom. The normalized spacial score (nSPS) is 15.8. The van der Waals surface area contributed by atoms with Crippen molar-refractivity contribution in [1.29, 1.82) is 0 Å². The van der Waals surface area contributed by atoms with Crippen molar-refractivity contribution >= 4 is 17.7 Å². The van der Waals surface area contributed by atoms with Gasteiger partial charge in [-0.15, -0.1) is 5.10 Å². The minimum absolute atomic E-state index is 0.0392. The predicted molar refractivity (Wildman–Crippen MR) is 92.7 cm³/mol. The summed E-state index contributed by atoms with van der Waals surface area (Å²) in [5.74, 6) is 1.80. The van der Waals surface area contributed by atoms with Crippen LogP contribution in [0.25, 0.3) is 0 Å². The molecule has 1 amide bonds. The molecule has 0 spiro atoms. The zero-order chi connectivity index (χ0) is 17.6. The van der Waals surface area contributed by atoms with E-state index < -0.39 is 0 Å². The van der Waals surface area contributed by atoms with Gasteiger partial charge in [0.2, 0.25) is 11.1 Å². The van der Waals surface area contributed by atoms with Crippen LogP contribution in [0, 0.1) is 0 Å². The van der Waals surface area contributed by atoms with Crippen LogP contribution in [0.3, 0.4) is 0 Å². The fraction of sp³-hybridized carbons (Fsp3) is 0.500.